The molecule has 0 atom stereocenters. The number of pyridine rings is 1. The summed E-state index contributed by atoms with van der Waals surface area (Å²) in [6.45, 7) is 4.28. The van der Waals surface area contributed by atoms with Gasteiger partial charge in [-0.15, -0.1) is 0 Å². The molecule has 2 N–H and O–H groups in total. The Labute approximate surface area is 136 Å². The summed E-state index contributed by atoms with van der Waals surface area (Å²) >= 11 is 0. The van der Waals surface area contributed by atoms with E-state index in [-0.39, 0.29) is 5.82 Å². The number of nitrogens with one attached hydrogen (secondary N) is 2. The van der Waals surface area contributed by atoms with Gasteiger partial charge in [0.2, 0.25) is 0 Å². The monoisotopic (exact) mass is 314 g/mol. The highest BCUT2D eigenvalue weighted by Crippen LogP contribution is 2.02. The number of rotatable bonds is 7. The molecule has 4 nitrogen and oxygen atoms in total. The summed E-state index contributed by atoms with van der Waals surface area (Å²) < 4.78 is 12.9. The molecule has 1 aromatic heterocycles. The van der Waals surface area contributed by atoms with Crippen LogP contribution in [0.1, 0.15) is 18.2 Å². The summed E-state index contributed by atoms with van der Waals surface area (Å²) in [4.78, 5) is 8.84. The maximum atomic E-state index is 12.9. The Morgan fingerprint density at radius 2 is 1.91 bits per heavy atom. The number of aliphatic imine (C=N–C) groups is 1. The summed E-state index contributed by atoms with van der Waals surface area (Å²) in [6, 6.07) is 12.5. The highest BCUT2D eigenvalue weighted by atomic mass is 19.1. The largest absolute Gasteiger partial charge is 0.357 e. The fourth-order valence-corrected chi connectivity index (χ4v) is 2.15. The summed E-state index contributed by atoms with van der Waals surface area (Å²) in [5.41, 5.74) is 2.14. The second-order valence-corrected chi connectivity index (χ2v) is 5.13. The molecule has 0 amide bonds. The van der Waals surface area contributed by atoms with Crippen molar-refractivity contribution in [3.8, 4) is 0 Å². The third-order valence-electron chi connectivity index (χ3n) is 3.33. The minimum absolute atomic E-state index is 0.203. The van der Waals surface area contributed by atoms with Crippen molar-refractivity contribution in [3.05, 3.63) is 65.7 Å². The number of hydrogen-bond donors (Lipinski definition) is 2. The molecule has 1 aromatic carbocycles. The van der Waals surface area contributed by atoms with Crippen molar-refractivity contribution in [1.82, 2.24) is 15.6 Å². The van der Waals surface area contributed by atoms with Crippen molar-refractivity contribution >= 4 is 5.96 Å². The van der Waals surface area contributed by atoms with Crippen LogP contribution in [-0.4, -0.2) is 30.6 Å². The lowest BCUT2D eigenvalue weighted by Gasteiger charge is -2.11. The van der Waals surface area contributed by atoms with Gasteiger partial charge >= 0.3 is 0 Å². The van der Waals surface area contributed by atoms with E-state index < -0.39 is 0 Å². The van der Waals surface area contributed by atoms with Crippen LogP contribution >= 0.6 is 0 Å². The van der Waals surface area contributed by atoms with Gasteiger partial charge in [-0.3, -0.25) is 9.98 Å². The maximum absolute atomic E-state index is 12.9. The summed E-state index contributed by atoms with van der Waals surface area (Å²) in [5, 5.41) is 6.52. The minimum atomic E-state index is -0.203. The zero-order chi connectivity index (χ0) is 16.3. The van der Waals surface area contributed by atoms with E-state index >= 15 is 0 Å². The van der Waals surface area contributed by atoms with Crippen LogP contribution in [-0.2, 0) is 12.8 Å². The van der Waals surface area contributed by atoms with Crippen LogP contribution in [0.15, 0.2) is 53.7 Å². The van der Waals surface area contributed by atoms with E-state index in [2.05, 4.69) is 20.6 Å². The Hall–Kier alpha value is -2.43. The molecule has 0 bridgehead atoms. The Balaban J connectivity index is 1.78. The highest BCUT2D eigenvalue weighted by Gasteiger charge is 1.99. The van der Waals surface area contributed by atoms with Crippen molar-refractivity contribution in [2.75, 3.05) is 19.6 Å². The second-order valence-electron chi connectivity index (χ2n) is 5.13. The van der Waals surface area contributed by atoms with Crippen LogP contribution in [0.2, 0.25) is 0 Å². The SMILES string of the molecule is CCNC(=NCCc1ccccn1)NCCc1ccc(F)cc1. The fraction of sp³-hybridized carbons (Fsp3) is 0.333. The third kappa shape index (κ3) is 6.46. The smallest absolute Gasteiger partial charge is 0.191 e. The predicted molar refractivity (Wildman–Crippen MR) is 92.0 cm³/mol. The molecule has 0 aliphatic carbocycles. The van der Waals surface area contributed by atoms with E-state index in [1.165, 1.54) is 12.1 Å². The average molecular weight is 314 g/mol. The lowest BCUT2D eigenvalue weighted by atomic mass is 10.1. The predicted octanol–water partition coefficient (Wildman–Crippen LogP) is 2.56. The van der Waals surface area contributed by atoms with Gasteiger partial charge in [0, 0.05) is 37.9 Å². The Morgan fingerprint density at radius 1 is 1.09 bits per heavy atom. The van der Waals surface area contributed by atoms with Crippen LogP contribution < -0.4 is 10.6 Å². The minimum Gasteiger partial charge on any atom is -0.357 e. The van der Waals surface area contributed by atoms with Crippen molar-refractivity contribution in [3.63, 3.8) is 0 Å². The van der Waals surface area contributed by atoms with E-state index in [9.17, 15) is 4.39 Å². The van der Waals surface area contributed by atoms with Crippen LogP contribution in [0, 0.1) is 5.82 Å². The number of guanidine groups is 1. The molecule has 5 heteroatoms. The van der Waals surface area contributed by atoms with Crippen LogP contribution in [0.25, 0.3) is 0 Å². The molecule has 2 aromatic rings. The van der Waals surface area contributed by atoms with E-state index in [4.69, 9.17) is 0 Å². The zero-order valence-corrected chi connectivity index (χ0v) is 13.4. The number of halogens is 1. The quantitative estimate of drug-likeness (QED) is 0.610. The lowest BCUT2D eigenvalue weighted by Crippen LogP contribution is -2.38. The molecule has 0 saturated carbocycles. The van der Waals surface area contributed by atoms with E-state index in [1.807, 2.05) is 37.3 Å². The molecule has 0 unspecified atom stereocenters. The summed E-state index contributed by atoms with van der Waals surface area (Å²) in [7, 11) is 0. The molecule has 0 aliphatic heterocycles. The Kier molecular flexibility index (Phi) is 7.04. The van der Waals surface area contributed by atoms with Gasteiger partial charge in [-0.2, -0.15) is 0 Å². The first-order valence-corrected chi connectivity index (χ1v) is 7.94. The highest BCUT2D eigenvalue weighted by molar-refractivity contribution is 5.79. The van der Waals surface area contributed by atoms with E-state index in [0.29, 0.717) is 6.54 Å². The van der Waals surface area contributed by atoms with Gasteiger partial charge in [0.25, 0.3) is 0 Å². The molecule has 0 spiro atoms. The molecule has 0 radical (unpaired) electrons. The van der Waals surface area contributed by atoms with Gasteiger partial charge in [0.1, 0.15) is 5.82 Å². The lowest BCUT2D eigenvalue weighted by molar-refractivity contribution is 0.626. The van der Waals surface area contributed by atoms with Crippen molar-refractivity contribution in [2.24, 2.45) is 4.99 Å². The molecule has 122 valence electrons. The van der Waals surface area contributed by atoms with E-state index in [1.54, 1.807) is 6.20 Å². The van der Waals surface area contributed by atoms with E-state index in [0.717, 1.165) is 43.1 Å². The first-order chi connectivity index (χ1) is 11.3. The summed E-state index contributed by atoms with van der Waals surface area (Å²) in [6.07, 6.45) is 3.44. The van der Waals surface area contributed by atoms with Gasteiger partial charge in [-0.05, 0) is 43.2 Å². The molecular formula is C18H23FN4. The van der Waals surface area contributed by atoms with Crippen molar-refractivity contribution in [1.29, 1.82) is 0 Å². The number of aromatic nitrogens is 1. The standard InChI is InChI=1S/C18H23FN4/c1-2-20-18(23-14-11-17-5-3-4-12-21-17)22-13-10-15-6-8-16(19)9-7-15/h3-9,12H,2,10-11,13-14H2,1H3,(H2,20,22,23). The molecule has 1 heterocycles. The van der Waals surface area contributed by atoms with Gasteiger partial charge in [-0.25, -0.2) is 4.39 Å². The van der Waals surface area contributed by atoms with Gasteiger partial charge in [0.15, 0.2) is 5.96 Å². The first-order valence-electron chi connectivity index (χ1n) is 7.94. The molecular weight excluding hydrogens is 291 g/mol. The molecule has 0 fully saturated rings. The number of benzene rings is 1. The van der Waals surface area contributed by atoms with Crippen molar-refractivity contribution < 1.29 is 4.39 Å². The molecule has 23 heavy (non-hydrogen) atoms. The molecule has 0 aliphatic rings. The Morgan fingerprint density at radius 3 is 2.61 bits per heavy atom. The summed E-state index contributed by atoms with van der Waals surface area (Å²) in [5.74, 6) is 0.594. The topological polar surface area (TPSA) is 49.3 Å². The van der Waals surface area contributed by atoms with Gasteiger partial charge in [0.05, 0.1) is 0 Å². The zero-order valence-electron chi connectivity index (χ0n) is 13.4. The fourth-order valence-electron chi connectivity index (χ4n) is 2.15. The van der Waals surface area contributed by atoms with Crippen LogP contribution in [0.5, 0.6) is 0 Å². The number of hydrogen-bond acceptors (Lipinski definition) is 2. The second kappa shape index (κ2) is 9.56. The number of nitrogens with zero attached hydrogens (tertiary/aromatic N) is 2. The third-order valence-corrected chi connectivity index (χ3v) is 3.33. The first kappa shape index (κ1) is 16.9. The van der Waals surface area contributed by atoms with Crippen molar-refractivity contribution in [2.45, 2.75) is 19.8 Å². The van der Waals surface area contributed by atoms with Gasteiger partial charge in [-0.1, -0.05) is 18.2 Å². The normalized spacial score (nSPS) is 11.3. The van der Waals surface area contributed by atoms with Gasteiger partial charge < -0.3 is 10.6 Å². The van der Waals surface area contributed by atoms with Crippen LogP contribution in [0.3, 0.4) is 0 Å². The molecule has 2 rings (SSSR count). The molecule has 0 saturated heterocycles. The maximum Gasteiger partial charge on any atom is 0.191 e. The average Bonchev–Trinajstić information content (AvgIpc) is 2.58. The Bertz CT molecular complexity index is 596. The van der Waals surface area contributed by atoms with Crippen LogP contribution in [0.4, 0.5) is 4.39 Å².